The summed E-state index contributed by atoms with van der Waals surface area (Å²) in [5, 5.41) is 2.19. The van der Waals surface area contributed by atoms with Crippen LogP contribution >= 0.6 is 0 Å². The lowest BCUT2D eigenvalue weighted by atomic mass is 9.70. The number of fused-ring (bicyclic) bond motifs is 7. The first-order chi connectivity index (χ1) is 18.7. The second-order valence-electron chi connectivity index (χ2n) is 11.8. The van der Waals surface area contributed by atoms with Crippen LogP contribution in [0.25, 0.3) is 21.9 Å². The van der Waals surface area contributed by atoms with Gasteiger partial charge in [0.25, 0.3) is 0 Å². The van der Waals surface area contributed by atoms with Crippen LogP contribution in [0.5, 0.6) is 0 Å². The Balaban J connectivity index is 1.56. The summed E-state index contributed by atoms with van der Waals surface area (Å²) in [5.41, 5.74) is 11.7. The van der Waals surface area contributed by atoms with Crippen molar-refractivity contribution in [2.24, 2.45) is 0 Å². The van der Waals surface area contributed by atoms with Crippen LogP contribution in [0, 0.1) is 0 Å². The zero-order chi connectivity index (χ0) is 27.1. The predicted octanol–water partition coefficient (Wildman–Crippen LogP) is 9.04. The molecule has 39 heavy (non-hydrogen) atoms. The van der Waals surface area contributed by atoms with Crippen LogP contribution in [0.4, 0.5) is 17.1 Å². The van der Waals surface area contributed by atoms with Crippen molar-refractivity contribution < 1.29 is 9.53 Å². The van der Waals surface area contributed by atoms with Gasteiger partial charge in [0, 0.05) is 16.5 Å². The van der Waals surface area contributed by atoms with E-state index in [0.717, 1.165) is 16.5 Å². The topological polar surface area (TPSA) is 29.5 Å². The first-order valence-electron chi connectivity index (χ1n) is 13.5. The Morgan fingerprint density at radius 1 is 0.667 bits per heavy atom. The SMILES string of the molecule is COC(=O)c1ccc2c3c(ccc2c1)N(c1ccccc1)c1cc2c(cc1C3(C)C)-c1ccccc1C2(C)C. The maximum Gasteiger partial charge on any atom is 0.337 e. The standard InChI is InChI=1S/C36H31NO2/c1-35(2)28-14-10-9-13-26(28)27-20-30-32(21-29(27)35)37(24-11-7-6-8-12-24)31-18-16-22-19-23(34(38)39-5)15-17-25(22)33(31)36(30,3)4/h6-21H,1-5H3. The van der Waals surface area contributed by atoms with Crippen LogP contribution in [-0.4, -0.2) is 13.1 Å². The third-order valence-electron chi connectivity index (χ3n) is 8.91. The fraction of sp³-hybridized carbons (Fsp3) is 0.194. The fourth-order valence-electron chi connectivity index (χ4n) is 6.95. The van der Waals surface area contributed by atoms with Crippen molar-refractivity contribution in [3.05, 3.63) is 125 Å². The van der Waals surface area contributed by atoms with E-state index in [4.69, 9.17) is 4.74 Å². The van der Waals surface area contributed by atoms with Gasteiger partial charge < -0.3 is 9.64 Å². The molecule has 0 amide bonds. The molecule has 0 saturated carbocycles. The fourth-order valence-corrected chi connectivity index (χ4v) is 6.95. The molecular formula is C36H31NO2. The number of hydrogen-bond donors (Lipinski definition) is 0. The van der Waals surface area contributed by atoms with Gasteiger partial charge in [0.05, 0.1) is 24.0 Å². The van der Waals surface area contributed by atoms with Crippen molar-refractivity contribution in [1.29, 1.82) is 0 Å². The summed E-state index contributed by atoms with van der Waals surface area (Å²) in [7, 11) is 1.43. The van der Waals surface area contributed by atoms with Crippen LogP contribution in [0.3, 0.4) is 0 Å². The number of nitrogens with zero attached hydrogens (tertiary/aromatic N) is 1. The average Bonchev–Trinajstić information content (AvgIpc) is 3.18. The highest BCUT2D eigenvalue weighted by Crippen LogP contribution is 2.58. The van der Waals surface area contributed by atoms with Crippen molar-refractivity contribution in [3.63, 3.8) is 0 Å². The van der Waals surface area contributed by atoms with Crippen LogP contribution in [0.1, 0.15) is 60.3 Å². The number of benzene rings is 5. The number of para-hydroxylation sites is 1. The van der Waals surface area contributed by atoms with Crippen molar-refractivity contribution in [2.75, 3.05) is 12.0 Å². The summed E-state index contributed by atoms with van der Waals surface area (Å²) in [5.74, 6) is -0.318. The van der Waals surface area contributed by atoms with E-state index < -0.39 is 0 Å². The number of rotatable bonds is 2. The molecule has 0 saturated heterocycles. The summed E-state index contributed by atoms with van der Waals surface area (Å²) in [6.45, 7) is 9.34. The Morgan fingerprint density at radius 3 is 2.18 bits per heavy atom. The summed E-state index contributed by atoms with van der Waals surface area (Å²) >= 11 is 0. The Kier molecular flexibility index (Phi) is 4.91. The van der Waals surface area contributed by atoms with Crippen LogP contribution in [0.2, 0.25) is 0 Å². The number of anilines is 3. The quantitative estimate of drug-likeness (QED) is 0.222. The minimum absolute atomic E-state index is 0.0819. The first-order valence-corrected chi connectivity index (χ1v) is 13.5. The third-order valence-corrected chi connectivity index (χ3v) is 8.91. The van der Waals surface area contributed by atoms with Gasteiger partial charge in [-0.25, -0.2) is 4.79 Å². The molecule has 0 N–H and O–H groups in total. The molecule has 0 spiro atoms. The molecule has 3 heteroatoms. The first kappa shape index (κ1) is 23.7. The molecule has 7 rings (SSSR count). The molecule has 0 radical (unpaired) electrons. The largest absolute Gasteiger partial charge is 0.465 e. The maximum atomic E-state index is 12.3. The van der Waals surface area contributed by atoms with Gasteiger partial charge in [-0.15, -0.1) is 0 Å². The maximum absolute atomic E-state index is 12.3. The number of carbonyl (C=O) groups is 1. The van der Waals surface area contributed by atoms with E-state index in [-0.39, 0.29) is 16.8 Å². The van der Waals surface area contributed by atoms with E-state index in [9.17, 15) is 4.79 Å². The molecule has 0 atom stereocenters. The van der Waals surface area contributed by atoms with Gasteiger partial charge in [0.2, 0.25) is 0 Å². The molecule has 5 aromatic carbocycles. The van der Waals surface area contributed by atoms with Crippen LogP contribution in [-0.2, 0) is 15.6 Å². The lowest BCUT2D eigenvalue weighted by Crippen LogP contribution is -2.31. The number of ether oxygens (including phenoxy) is 1. The minimum atomic E-state index is -0.318. The highest BCUT2D eigenvalue weighted by Gasteiger charge is 2.42. The highest BCUT2D eigenvalue weighted by molar-refractivity contribution is 6.02. The van der Waals surface area contributed by atoms with Gasteiger partial charge in [-0.05, 0) is 86.6 Å². The van der Waals surface area contributed by atoms with Gasteiger partial charge >= 0.3 is 5.97 Å². The minimum Gasteiger partial charge on any atom is -0.465 e. The van der Waals surface area contributed by atoms with Crippen molar-refractivity contribution in [3.8, 4) is 11.1 Å². The average molecular weight is 510 g/mol. The third kappa shape index (κ3) is 3.19. The molecule has 2 aliphatic rings. The summed E-state index contributed by atoms with van der Waals surface area (Å²) in [6, 6.07) is 34.6. The zero-order valence-corrected chi connectivity index (χ0v) is 23.0. The molecule has 5 aromatic rings. The van der Waals surface area contributed by atoms with E-state index in [1.165, 1.54) is 51.9 Å². The summed E-state index contributed by atoms with van der Waals surface area (Å²) in [4.78, 5) is 14.7. The van der Waals surface area contributed by atoms with Gasteiger partial charge in [-0.3, -0.25) is 0 Å². The van der Waals surface area contributed by atoms with Crippen LogP contribution in [0.15, 0.2) is 97.1 Å². The monoisotopic (exact) mass is 509 g/mol. The molecule has 0 fully saturated rings. The molecule has 192 valence electrons. The molecule has 0 bridgehead atoms. The molecule has 3 nitrogen and oxygen atoms in total. The molecule has 1 heterocycles. The molecule has 0 aromatic heterocycles. The Hall–Kier alpha value is -4.37. The molecule has 1 aliphatic carbocycles. The number of esters is 1. The van der Waals surface area contributed by atoms with Crippen LogP contribution < -0.4 is 4.90 Å². The van der Waals surface area contributed by atoms with Crippen molar-refractivity contribution >= 4 is 33.8 Å². The lowest BCUT2D eigenvalue weighted by molar-refractivity contribution is 0.0601. The van der Waals surface area contributed by atoms with Crippen molar-refractivity contribution in [2.45, 2.75) is 38.5 Å². The molecular weight excluding hydrogens is 478 g/mol. The number of methoxy groups -OCH3 is 1. The zero-order valence-electron chi connectivity index (χ0n) is 23.0. The number of carbonyl (C=O) groups excluding carboxylic acids is 1. The molecule has 0 unspecified atom stereocenters. The van der Waals surface area contributed by atoms with E-state index in [1.54, 1.807) is 0 Å². The second-order valence-corrected chi connectivity index (χ2v) is 11.8. The van der Waals surface area contributed by atoms with Crippen molar-refractivity contribution in [1.82, 2.24) is 0 Å². The van der Waals surface area contributed by atoms with Gasteiger partial charge in [0.1, 0.15) is 0 Å². The smallest absolute Gasteiger partial charge is 0.337 e. The van der Waals surface area contributed by atoms with E-state index >= 15 is 0 Å². The predicted molar refractivity (Wildman–Crippen MR) is 160 cm³/mol. The second kappa shape index (κ2) is 8.07. The van der Waals surface area contributed by atoms with Gasteiger partial charge in [-0.2, -0.15) is 0 Å². The lowest BCUT2D eigenvalue weighted by Gasteiger charge is -2.43. The molecule has 1 aliphatic heterocycles. The summed E-state index contributed by atoms with van der Waals surface area (Å²) in [6.07, 6.45) is 0. The Bertz CT molecular complexity index is 1810. The Labute approximate surface area is 229 Å². The van der Waals surface area contributed by atoms with E-state index in [1.807, 2.05) is 12.1 Å². The number of hydrogen-bond acceptors (Lipinski definition) is 3. The normalized spacial score (nSPS) is 15.8. The van der Waals surface area contributed by atoms with Gasteiger partial charge in [-0.1, -0.05) is 82.3 Å². The summed E-state index contributed by atoms with van der Waals surface area (Å²) < 4.78 is 5.00. The van der Waals surface area contributed by atoms with E-state index in [2.05, 4.69) is 118 Å². The van der Waals surface area contributed by atoms with Gasteiger partial charge in [0.15, 0.2) is 0 Å². The Morgan fingerprint density at radius 2 is 1.41 bits per heavy atom. The van der Waals surface area contributed by atoms with E-state index in [0.29, 0.717) is 5.56 Å². The highest BCUT2D eigenvalue weighted by atomic mass is 16.5.